The number of carbonyl (C=O) groups is 1. The van der Waals surface area contributed by atoms with Gasteiger partial charge >= 0.3 is 0 Å². The number of amides is 1. The Kier molecular flexibility index (Phi) is 4.50. The molecule has 1 aromatic heterocycles. The molecule has 1 atom stereocenters. The van der Waals surface area contributed by atoms with Crippen molar-refractivity contribution >= 4 is 16.8 Å². The number of nitrogens with one attached hydrogen (secondary N) is 1. The summed E-state index contributed by atoms with van der Waals surface area (Å²) in [6, 6.07) is 9.47. The van der Waals surface area contributed by atoms with Crippen molar-refractivity contribution in [3.63, 3.8) is 0 Å². The highest BCUT2D eigenvalue weighted by molar-refractivity contribution is 5.98. The van der Waals surface area contributed by atoms with Crippen molar-refractivity contribution in [1.82, 2.24) is 9.88 Å². The van der Waals surface area contributed by atoms with E-state index in [0.29, 0.717) is 5.69 Å². The fourth-order valence-corrected chi connectivity index (χ4v) is 2.75. The van der Waals surface area contributed by atoms with Gasteiger partial charge in [0.2, 0.25) is 0 Å². The molecule has 130 valence electrons. The number of carbonyl (C=O) groups excluding carboxylic acids is 1. The van der Waals surface area contributed by atoms with Gasteiger partial charge in [0.15, 0.2) is 17.5 Å². The van der Waals surface area contributed by atoms with E-state index in [1.165, 1.54) is 0 Å². The average molecular weight is 348 g/mol. The SMILES string of the molecule is Cn1c(C(=O)NC(CO)c2cc(F)c(F)c(F)c2)cc2ccccc21. The lowest BCUT2D eigenvalue weighted by Gasteiger charge is -2.17. The van der Waals surface area contributed by atoms with Crippen LogP contribution in [0.4, 0.5) is 13.2 Å². The molecule has 0 spiro atoms. The van der Waals surface area contributed by atoms with Crippen LogP contribution < -0.4 is 5.32 Å². The lowest BCUT2D eigenvalue weighted by molar-refractivity contribution is 0.0908. The second-order valence-electron chi connectivity index (χ2n) is 5.65. The average Bonchev–Trinajstić information content (AvgIpc) is 2.94. The molecule has 3 rings (SSSR count). The first-order valence-electron chi connectivity index (χ1n) is 7.53. The van der Waals surface area contributed by atoms with Crippen LogP contribution in [0, 0.1) is 17.5 Å². The molecular formula is C18H15F3N2O2. The zero-order valence-electron chi connectivity index (χ0n) is 13.3. The number of aryl methyl sites for hydroxylation is 1. The van der Waals surface area contributed by atoms with E-state index in [0.717, 1.165) is 23.0 Å². The van der Waals surface area contributed by atoms with Gasteiger partial charge in [-0.2, -0.15) is 0 Å². The first-order chi connectivity index (χ1) is 11.9. The summed E-state index contributed by atoms with van der Waals surface area (Å²) >= 11 is 0. The smallest absolute Gasteiger partial charge is 0.268 e. The van der Waals surface area contributed by atoms with Crippen LogP contribution in [0.5, 0.6) is 0 Å². The molecule has 0 bridgehead atoms. The number of halogens is 3. The van der Waals surface area contributed by atoms with Crippen molar-refractivity contribution in [2.45, 2.75) is 6.04 Å². The summed E-state index contributed by atoms with van der Waals surface area (Å²) in [5, 5.41) is 12.8. The van der Waals surface area contributed by atoms with Gasteiger partial charge in [-0.25, -0.2) is 13.2 Å². The van der Waals surface area contributed by atoms with E-state index in [4.69, 9.17) is 0 Å². The maximum Gasteiger partial charge on any atom is 0.268 e. The Morgan fingerprint density at radius 2 is 1.80 bits per heavy atom. The molecule has 25 heavy (non-hydrogen) atoms. The van der Waals surface area contributed by atoms with Crippen molar-refractivity contribution in [3.8, 4) is 0 Å². The molecule has 0 radical (unpaired) electrons. The standard InChI is InChI=1S/C18H15F3N2O2/c1-23-15-5-3-2-4-10(15)8-16(23)18(25)22-14(9-24)11-6-12(19)17(21)13(20)7-11/h2-8,14,24H,9H2,1H3,(H,22,25). The summed E-state index contributed by atoms with van der Waals surface area (Å²) in [5.74, 6) is -4.89. The highest BCUT2D eigenvalue weighted by atomic mass is 19.2. The Hall–Kier alpha value is -2.80. The van der Waals surface area contributed by atoms with E-state index < -0.39 is 36.0 Å². The minimum absolute atomic E-state index is 0.0639. The largest absolute Gasteiger partial charge is 0.394 e. The molecule has 0 fully saturated rings. The van der Waals surface area contributed by atoms with Gasteiger partial charge in [-0.15, -0.1) is 0 Å². The topological polar surface area (TPSA) is 54.3 Å². The molecule has 2 aromatic carbocycles. The quantitative estimate of drug-likeness (QED) is 0.712. The van der Waals surface area contributed by atoms with Gasteiger partial charge in [-0.05, 0) is 29.8 Å². The third-order valence-electron chi connectivity index (χ3n) is 4.08. The number of hydrogen-bond donors (Lipinski definition) is 2. The van der Waals surface area contributed by atoms with E-state index >= 15 is 0 Å². The van der Waals surface area contributed by atoms with Gasteiger partial charge in [0, 0.05) is 18.0 Å². The normalized spacial score (nSPS) is 12.4. The summed E-state index contributed by atoms with van der Waals surface area (Å²) in [5.41, 5.74) is 1.10. The Morgan fingerprint density at radius 3 is 2.40 bits per heavy atom. The Bertz CT molecular complexity index is 930. The first kappa shape index (κ1) is 17.0. The number of nitrogens with zero attached hydrogens (tertiary/aromatic N) is 1. The number of para-hydroxylation sites is 1. The van der Waals surface area contributed by atoms with Gasteiger partial charge < -0.3 is 15.0 Å². The van der Waals surface area contributed by atoms with Gasteiger partial charge in [-0.3, -0.25) is 4.79 Å². The van der Waals surface area contributed by atoms with Crippen LogP contribution in [0.3, 0.4) is 0 Å². The third-order valence-corrected chi connectivity index (χ3v) is 4.08. The summed E-state index contributed by atoms with van der Waals surface area (Å²) in [6.07, 6.45) is 0. The van der Waals surface area contributed by atoms with E-state index in [2.05, 4.69) is 5.32 Å². The molecule has 7 heteroatoms. The summed E-state index contributed by atoms with van der Waals surface area (Å²) in [7, 11) is 1.71. The van der Waals surface area contributed by atoms with E-state index in [1.54, 1.807) is 17.7 Å². The molecule has 4 nitrogen and oxygen atoms in total. The number of hydrogen-bond acceptors (Lipinski definition) is 2. The van der Waals surface area contributed by atoms with E-state index in [1.807, 2.05) is 24.3 Å². The maximum atomic E-state index is 13.4. The minimum atomic E-state index is -1.60. The van der Waals surface area contributed by atoms with Crippen LogP contribution >= 0.6 is 0 Å². The first-order valence-corrected chi connectivity index (χ1v) is 7.53. The molecule has 0 aliphatic heterocycles. The predicted molar refractivity (Wildman–Crippen MR) is 86.5 cm³/mol. The third kappa shape index (κ3) is 3.10. The van der Waals surface area contributed by atoms with Crippen LogP contribution in [-0.2, 0) is 7.05 Å². The summed E-state index contributed by atoms with van der Waals surface area (Å²) in [4.78, 5) is 12.5. The molecule has 1 unspecified atom stereocenters. The molecule has 0 saturated carbocycles. The fraction of sp³-hybridized carbons (Fsp3) is 0.167. The molecule has 2 N–H and O–H groups in total. The monoisotopic (exact) mass is 348 g/mol. The van der Waals surface area contributed by atoms with Crippen LogP contribution in [0.25, 0.3) is 10.9 Å². The van der Waals surface area contributed by atoms with Crippen molar-refractivity contribution in [1.29, 1.82) is 0 Å². The van der Waals surface area contributed by atoms with Gasteiger partial charge in [0.1, 0.15) is 5.69 Å². The molecule has 0 aliphatic carbocycles. The second kappa shape index (κ2) is 6.60. The highest BCUT2D eigenvalue weighted by Crippen LogP contribution is 2.22. The van der Waals surface area contributed by atoms with Crippen molar-refractivity contribution in [2.75, 3.05) is 6.61 Å². The molecule has 0 aliphatic rings. The van der Waals surface area contributed by atoms with Crippen LogP contribution in [0.2, 0.25) is 0 Å². The van der Waals surface area contributed by atoms with E-state index in [-0.39, 0.29) is 5.56 Å². The molecule has 1 heterocycles. The van der Waals surface area contributed by atoms with Crippen molar-refractivity contribution in [2.24, 2.45) is 7.05 Å². The Labute approximate surface area is 141 Å². The number of aliphatic hydroxyl groups is 1. The number of fused-ring (bicyclic) bond motifs is 1. The fourth-order valence-electron chi connectivity index (χ4n) is 2.75. The number of aliphatic hydroxyl groups excluding tert-OH is 1. The minimum Gasteiger partial charge on any atom is -0.394 e. The molecular weight excluding hydrogens is 333 g/mol. The number of rotatable bonds is 4. The number of aromatic nitrogens is 1. The van der Waals surface area contributed by atoms with Gasteiger partial charge in [0.05, 0.1) is 12.6 Å². The van der Waals surface area contributed by atoms with Crippen molar-refractivity contribution < 1.29 is 23.1 Å². The lowest BCUT2D eigenvalue weighted by atomic mass is 10.1. The highest BCUT2D eigenvalue weighted by Gasteiger charge is 2.21. The van der Waals surface area contributed by atoms with Crippen LogP contribution in [0.1, 0.15) is 22.1 Å². The number of benzene rings is 2. The Balaban J connectivity index is 1.91. The lowest BCUT2D eigenvalue weighted by Crippen LogP contribution is -2.32. The second-order valence-corrected chi connectivity index (χ2v) is 5.65. The zero-order chi connectivity index (χ0) is 18.1. The maximum absolute atomic E-state index is 13.4. The van der Waals surface area contributed by atoms with Gasteiger partial charge in [-0.1, -0.05) is 18.2 Å². The summed E-state index contributed by atoms with van der Waals surface area (Å²) < 4.78 is 41.5. The molecule has 1 amide bonds. The van der Waals surface area contributed by atoms with Crippen LogP contribution in [-0.4, -0.2) is 22.2 Å². The molecule has 0 saturated heterocycles. The van der Waals surface area contributed by atoms with Gasteiger partial charge in [0.25, 0.3) is 5.91 Å². The summed E-state index contributed by atoms with van der Waals surface area (Å²) in [6.45, 7) is -0.597. The van der Waals surface area contributed by atoms with E-state index in [9.17, 15) is 23.1 Å². The van der Waals surface area contributed by atoms with Crippen molar-refractivity contribution in [3.05, 3.63) is 71.2 Å². The Morgan fingerprint density at radius 1 is 1.16 bits per heavy atom. The van der Waals surface area contributed by atoms with Crippen LogP contribution in [0.15, 0.2) is 42.5 Å². The molecule has 3 aromatic rings. The zero-order valence-corrected chi connectivity index (χ0v) is 13.3. The predicted octanol–water partition coefficient (Wildman–Crippen LogP) is 3.06.